The van der Waals surface area contributed by atoms with Crippen molar-refractivity contribution in [3.05, 3.63) is 50.6 Å². The zero-order valence-electron chi connectivity index (χ0n) is 24.6. The lowest BCUT2D eigenvalue weighted by Crippen LogP contribution is -2.65. The van der Waals surface area contributed by atoms with Gasteiger partial charge in [-0.15, -0.1) is 0 Å². The summed E-state index contributed by atoms with van der Waals surface area (Å²) in [6.07, 6.45) is 8.14. The molecule has 2 aliphatic rings. The Labute approximate surface area is 229 Å². The molecular weight excluding hydrogens is 480 g/mol. The molecule has 0 aromatic rings. The van der Waals surface area contributed by atoms with Gasteiger partial charge in [-0.2, -0.15) is 0 Å². The van der Waals surface area contributed by atoms with E-state index in [0.717, 1.165) is 25.7 Å². The molecule has 0 aromatic carbocycles. The predicted octanol–water partition coefficient (Wildman–Crippen LogP) is 4.05. The van der Waals surface area contributed by atoms with Crippen molar-refractivity contribution in [3.63, 3.8) is 0 Å². The fraction of sp³-hybridized carbons (Fsp3) is 0.600. The topological polar surface area (TPSA) is 98.8 Å². The smallest absolute Gasteiger partial charge is 0.246 e. The Morgan fingerprint density at radius 1 is 0.553 bits per heavy atom. The highest BCUT2D eigenvalue weighted by Gasteiger charge is 2.48. The molecule has 8 nitrogen and oxygen atoms in total. The summed E-state index contributed by atoms with van der Waals surface area (Å²) in [5.74, 6) is -0.466. The molecule has 0 bridgehead atoms. The van der Waals surface area contributed by atoms with E-state index >= 15 is 0 Å². The van der Waals surface area contributed by atoms with Gasteiger partial charge in [-0.3, -0.25) is 19.2 Å². The molecule has 2 fully saturated rings. The molecule has 2 N–H and O–H groups in total. The molecule has 8 heteroatoms. The molecular formula is C30H48N4O4. The van der Waals surface area contributed by atoms with Gasteiger partial charge in [0, 0.05) is 34.2 Å². The Morgan fingerprint density at radius 2 is 0.789 bits per heavy atom. The van der Waals surface area contributed by atoms with Crippen LogP contribution in [0.25, 0.3) is 0 Å². The first-order valence-corrected chi connectivity index (χ1v) is 13.1. The summed E-state index contributed by atoms with van der Waals surface area (Å²) in [6.45, 7) is 30.2. The number of hydrogen-bond acceptors (Lipinski definition) is 4. The van der Waals surface area contributed by atoms with Crippen LogP contribution in [-0.4, -0.2) is 67.7 Å². The SMILES string of the molecule is C=CC(=O)NC1CC(C)(C)N(C(=O)C=C)C(C)(C)C1.C=CC(=O)NC1CC(C)(C)N(C(=O)C=C)C(C)(C)C1. The average molecular weight is 529 g/mol. The first-order chi connectivity index (χ1) is 17.3. The molecule has 38 heavy (non-hydrogen) atoms. The van der Waals surface area contributed by atoms with Gasteiger partial charge in [0.05, 0.1) is 0 Å². The number of nitrogens with zero attached hydrogens (tertiary/aromatic N) is 2. The first-order valence-electron chi connectivity index (χ1n) is 13.1. The van der Waals surface area contributed by atoms with Crippen LogP contribution in [0.4, 0.5) is 0 Å². The molecule has 2 heterocycles. The van der Waals surface area contributed by atoms with Gasteiger partial charge >= 0.3 is 0 Å². The number of nitrogens with one attached hydrogen (secondary N) is 2. The molecule has 4 amide bonds. The summed E-state index contributed by atoms with van der Waals surface area (Å²) >= 11 is 0. The maximum Gasteiger partial charge on any atom is 0.246 e. The summed E-state index contributed by atoms with van der Waals surface area (Å²) < 4.78 is 0. The van der Waals surface area contributed by atoms with E-state index in [4.69, 9.17) is 0 Å². The van der Waals surface area contributed by atoms with Crippen molar-refractivity contribution in [2.24, 2.45) is 0 Å². The van der Waals surface area contributed by atoms with Crippen LogP contribution in [0, 0.1) is 0 Å². The van der Waals surface area contributed by atoms with E-state index in [1.54, 1.807) is 0 Å². The van der Waals surface area contributed by atoms with Crippen molar-refractivity contribution < 1.29 is 19.2 Å². The molecule has 0 saturated carbocycles. The van der Waals surface area contributed by atoms with Crippen molar-refractivity contribution in [2.75, 3.05) is 0 Å². The summed E-state index contributed by atoms with van der Waals surface area (Å²) in [5.41, 5.74) is -1.31. The Hall–Kier alpha value is -3.16. The van der Waals surface area contributed by atoms with E-state index in [-0.39, 0.29) is 57.9 Å². The maximum atomic E-state index is 12.1. The molecule has 0 radical (unpaired) electrons. The largest absolute Gasteiger partial charge is 0.350 e. The number of carbonyl (C=O) groups excluding carboxylic acids is 4. The number of hydrogen-bond donors (Lipinski definition) is 2. The van der Waals surface area contributed by atoms with Gasteiger partial charge in [-0.25, -0.2) is 0 Å². The molecule has 212 valence electrons. The van der Waals surface area contributed by atoms with Crippen molar-refractivity contribution in [1.29, 1.82) is 0 Å². The Bertz CT molecular complexity index is 863. The highest BCUT2D eigenvalue weighted by atomic mass is 16.2. The van der Waals surface area contributed by atoms with Crippen LogP contribution >= 0.6 is 0 Å². The third kappa shape index (κ3) is 7.92. The van der Waals surface area contributed by atoms with E-state index in [9.17, 15) is 19.2 Å². The van der Waals surface area contributed by atoms with Crippen LogP contribution in [0.2, 0.25) is 0 Å². The number of rotatable bonds is 6. The Balaban J connectivity index is 0.000000380. The van der Waals surface area contributed by atoms with Gasteiger partial charge < -0.3 is 20.4 Å². The average Bonchev–Trinajstić information content (AvgIpc) is 2.75. The summed E-state index contributed by atoms with van der Waals surface area (Å²) in [6, 6.07) is 0.0914. The monoisotopic (exact) mass is 528 g/mol. The van der Waals surface area contributed by atoms with Crippen LogP contribution in [-0.2, 0) is 19.2 Å². The lowest BCUT2D eigenvalue weighted by atomic mass is 9.76. The molecule has 2 saturated heterocycles. The van der Waals surface area contributed by atoms with Crippen molar-refractivity contribution in [1.82, 2.24) is 20.4 Å². The number of amides is 4. The lowest BCUT2D eigenvalue weighted by Gasteiger charge is -2.55. The zero-order chi connectivity index (χ0) is 29.7. The minimum atomic E-state index is -0.327. The molecule has 0 aromatic heterocycles. The van der Waals surface area contributed by atoms with Crippen LogP contribution in [0.3, 0.4) is 0 Å². The summed E-state index contributed by atoms with van der Waals surface area (Å²) in [5, 5.41) is 5.87. The molecule has 2 rings (SSSR count). The number of piperidine rings is 2. The Kier molecular flexibility index (Phi) is 10.5. The Morgan fingerprint density at radius 3 is 0.974 bits per heavy atom. The standard InChI is InChI=1S/2C15H24N2O2/c2*1-7-12(18)16-11-9-14(3,4)17(13(19)8-2)15(5,6)10-11/h2*7-8,11H,1-2,9-10H2,3-6H3,(H,16,18). The fourth-order valence-corrected chi connectivity index (χ4v) is 6.66. The second-order valence-corrected chi connectivity index (χ2v) is 12.6. The molecule has 0 aliphatic carbocycles. The third-order valence-electron chi connectivity index (χ3n) is 7.26. The third-order valence-corrected chi connectivity index (χ3v) is 7.26. The van der Waals surface area contributed by atoms with E-state index in [0.29, 0.717) is 0 Å². The van der Waals surface area contributed by atoms with Gasteiger partial charge in [0.1, 0.15) is 0 Å². The van der Waals surface area contributed by atoms with Gasteiger partial charge in [0.15, 0.2) is 0 Å². The molecule has 0 unspecified atom stereocenters. The second-order valence-electron chi connectivity index (χ2n) is 12.6. The zero-order valence-corrected chi connectivity index (χ0v) is 24.6. The van der Waals surface area contributed by atoms with E-state index < -0.39 is 0 Å². The molecule has 0 spiro atoms. The van der Waals surface area contributed by atoms with Crippen LogP contribution < -0.4 is 10.6 Å². The molecule has 0 atom stereocenters. The lowest BCUT2D eigenvalue weighted by molar-refractivity contribution is -0.146. The van der Waals surface area contributed by atoms with Gasteiger partial charge in [0.2, 0.25) is 23.6 Å². The highest BCUT2D eigenvalue weighted by molar-refractivity contribution is 5.90. The normalized spacial score (nSPS) is 21.6. The van der Waals surface area contributed by atoms with Gasteiger partial charge in [-0.05, 0) is 105 Å². The fourth-order valence-electron chi connectivity index (χ4n) is 6.66. The van der Waals surface area contributed by atoms with Gasteiger partial charge in [-0.1, -0.05) is 26.3 Å². The van der Waals surface area contributed by atoms with Crippen molar-refractivity contribution >= 4 is 23.6 Å². The maximum absolute atomic E-state index is 12.1. The van der Waals surface area contributed by atoms with Crippen molar-refractivity contribution in [3.8, 4) is 0 Å². The minimum Gasteiger partial charge on any atom is -0.350 e. The van der Waals surface area contributed by atoms with Crippen molar-refractivity contribution in [2.45, 2.75) is 115 Å². The van der Waals surface area contributed by atoms with E-state index in [1.807, 2.05) is 65.2 Å². The molecule has 2 aliphatic heterocycles. The quantitative estimate of drug-likeness (QED) is 0.508. The van der Waals surface area contributed by atoms with E-state index in [2.05, 4.69) is 36.9 Å². The highest BCUT2D eigenvalue weighted by Crippen LogP contribution is 2.39. The predicted molar refractivity (Wildman–Crippen MR) is 153 cm³/mol. The summed E-state index contributed by atoms with van der Waals surface area (Å²) in [4.78, 5) is 50.8. The number of carbonyl (C=O) groups is 4. The number of likely N-dealkylation sites (tertiary alicyclic amines) is 2. The van der Waals surface area contributed by atoms with Crippen LogP contribution in [0.1, 0.15) is 81.1 Å². The second kappa shape index (κ2) is 12.1. The summed E-state index contributed by atoms with van der Waals surface area (Å²) in [7, 11) is 0. The first kappa shape index (κ1) is 32.9. The van der Waals surface area contributed by atoms with Gasteiger partial charge in [0.25, 0.3) is 0 Å². The van der Waals surface area contributed by atoms with E-state index in [1.165, 1.54) is 24.3 Å². The van der Waals surface area contributed by atoms with Crippen LogP contribution in [0.15, 0.2) is 50.6 Å². The van der Waals surface area contributed by atoms with Crippen LogP contribution in [0.5, 0.6) is 0 Å². The minimum absolute atomic E-state index is 0.0457.